The van der Waals surface area contributed by atoms with Crippen molar-refractivity contribution in [1.82, 2.24) is 10.2 Å². The van der Waals surface area contributed by atoms with Gasteiger partial charge in [0.15, 0.2) is 0 Å². The summed E-state index contributed by atoms with van der Waals surface area (Å²) in [6, 6.07) is 7.46. The number of hydrogen-bond acceptors (Lipinski definition) is 3. The molecular weight excluding hydrogens is 278 g/mol. The second kappa shape index (κ2) is 7.94. The smallest absolute Gasteiger partial charge is 0.254 e. The van der Waals surface area contributed by atoms with Crippen molar-refractivity contribution in [2.75, 3.05) is 25.0 Å². The van der Waals surface area contributed by atoms with E-state index in [0.717, 1.165) is 38.9 Å². The van der Waals surface area contributed by atoms with Gasteiger partial charge >= 0.3 is 0 Å². The molecule has 0 saturated carbocycles. The molecule has 0 aliphatic carbocycles. The van der Waals surface area contributed by atoms with Crippen LogP contribution in [0.3, 0.4) is 0 Å². The van der Waals surface area contributed by atoms with Gasteiger partial charge < -0.3 is 15.5 Å². The molecule has 2 amide bonds. The van der Waals surface area contributed by atoms with Gasteiger partial charge in [-0.15, -0.1) is 0 Å². The molecule has 1 aliphatic rings. The maximum atomic E-state index is 12.8. The summed E-state index contributed by atoms with van der Waals surface area (Å²) in [5.41, 5.74) is 1.40. The molecule has 0 bridgehead atoms. The van der Waals surface area contributed by atoms with Crippen molar-refractivity contribution in [3.8, 4) is 0 Å². The lowest BCUT2D eigenvalue weighted by atomic mass is 10.0. The average Bonchev–Trinajstić information content (AvgIpc) is 2.53. The molecule has 0 spiro atoms. The number of nitrogens with one attached hydrogen (secondary N) is 2. The molecule has 1 heterocycles. The van der Waals surface area contributed by atoms with Crippen molar-refractivity contribution in [2.24, 2.45) is 0 Å². The number of nitrogens with zero attached hydrogens (tertiary/aromatic N) is 1. The van der Waals surface area contributed by atoms with Crippen LogP contribution in [-0.4, -0.2) is 42.4 Å². The Labute approximate surface area is 132 Å². The Bertz CT molecular complexity index is 507. The number of carbonyl (C=O) groups is 2. The fourth-order valence-corrected chi connectivity index (χ4v) is 2.87. The Morgan fingerprint density at radius 2 is 1.86 bits per heavy atom. The molecule has 0 unspecified atom stereocenters. The van der Waals surface area contributed by atoms with Crippen molar-refractivity contribution < 1.29 is 9.59 Å². The van der Waals surface area contributed by atoms with Crippen LogP contribution in [0.15, 0.2) is 24.3 Å². The molecular formula is C17H25N3O2. The molecule has 0 atom stereocenters. The third-order valence-electron chi connectivity index (χ3n) is 3.93. The Morgan fingerprint density at radius 3 is 2.41 bits per heavy atom. The van der Waals surface area contributed by atoms with Crippen LogP contribution in [0, 0.1) is 0 Å². The summed E-state index contributed by atoms with van der Waals surface area (Å²) in [4.78, 5) is 25.8. The first-order valence-electron chi connectivity index (χ1n) is 8.01. The van der Waals surface area contributed by atoms with E-state index in [2.05, 4.69) is 17.6 Å². The number of anilines is 1. The fraction of sp³-hybridized carbons (Fsp3) is 0.529. The normalized spacial score (nSPS) is 15.4. The maximum Gasteiger partial charge on any atom is 0.254 e. The number of rotatable bonds is 5. The molecule has 1 fully saturated rings. The van der Waals surface area contributed by atoms with E-state index >= 15 is 0 Å². The van der Waals surface area contributed by atoms with Crippen LogP contribution in [-0.2, 0) is 4.79 Å². The number of benzene rings is 1. The van der Waals surface area contributed by atoms with Gasteiger partial charge in [0.25, 0.3) is 5.91 Å². The minimum Gasteiger partial charge on any atom is -0.336 e. The van der Waals surface area contributed by atoms with Crippen molar-refractivity contribution >= 4 is 17.5 Å². The zero-order valence-electron chi connectivity index (χ0n) is 13.4. The molecule has 1 aromatic rings. The van der Waals surface area contributed by atoms with Crippen LogP contribution in [0.5, 0.6) is 0 Å². The molecule has 1 aliphatic heterocycles. The second-order valence-corrected chi connectivity index (χ2v) is 5.74. The number of piperidine rings is 1. The Morgan fingerprint density at radius 1 is 1.23 bits per heavy atom. The van der Waals surface area contributed by atoms with E-state index in [4.69, 9.17) is 0 Å². The second-order valence-electron chi connectivity index (χ2n) is 5.74. The summed E-state index contributed by atoms with van der Waals surface area (Å²) in [6.07, 6.45) is 2.98. The quantitative estimate of drug-likeness (QED) is 0.877. The summed E-state index contributed by atoms with van der Waals surface area (Å²) in [6.45, 7) is 6.30. The first-order chi connectivity index (χ1) is 10.6. The average molecular weight is 303 g/mol. The van der Waals surface area contributed by atoms with Gasteiger partial charge in [-0.25, -0.2) is 0 Å². The van der Waals surface area contributed by atoms with Crippen LogP contribution >= 0.6 is 0 Å². The Hall–Kier alpha value is -1.88. The van der Waals surface area contributed by atoms with Crippen LogP contribution in [0.1, 0.15) is 43.5 Å². The highest BCUT2D eigenvalue weighted by molar-refractivity contribution is 5.95. The molecule has 0 aromatic heterocycles. The first-order valence-corrected chi connectivity index (χ1v) is 8.01. The van der Waals surface area contributed by atoms with Crippen LogP contribution in [0.2, 0.25) is 0 Å². The highest BCUT2D eigenvalue weighted by Gasteiger charge is 2.25. The van der Waals surface area contributed by atoms with E-state index in [1.165, 1.54) is 6.92 Å². The van der Waals surface area contributed by atoms with E-state index in [0.29, 0.717) is 17.3 Å². The summed E-state index contributed by atoms with van der Waals surface area (Å²) in [5, 5.41) is 6.05. The van der Waals surface area contributed by atoms with Gasteiger partial charge in [0, 0.05) is 30.8 Å². The van der Waals surface area contributed by atoms with E-state index < -0.39 is 0 Å². The van der Waals surface area contributed by atoms with Gasteiger partial charge in [-0.05, 0) is 56.6 Å². The van der Waals surface area contributed by atoms with Crippen LogP contribution in [0.25, 0.3) is 0 Å². The lowest BCUT2D eigenvalue weighted by molar-refractivity contribution is -0.114. The van der Waals surface area contributed by atoms with Crippen molar-refractivity contribution in [3.63, 3.8) is 0 Å². The predicted octanol–water partition coefficient (Wildman–Crippen LogP) is 2.25. The summed E-state index contributed by atoms with van der Waals surface area (Å²) in [5.74, 6) is -0.0236. The number of hydrogen-bond donors (Lipinski definition) is 2. The molecule has 22 heavy (non-hydrogen) atoms. The lowest BCUT2D eigenvalue weighted by Gasteiger charge is -2.34. The molecule has 2 rings (SSSR count). The molecule has 2 N–H and O–H groups in total. The Kier molecular flexibility index (Phi) is 5.95. The predicted molar refractivity (Wildman–Crippen MR) is 88.0 cm³/mol. The number of carbonyl (C=O) groups excluding carboxylic acids is 2. The maximum absolute atomic E-state index is 12.8. The molecule has 1 aromatic carbocycles. The third-order valence-corrected chi connectivity index (χ3v) is 3.93. The summed E-state index contributed by atoms with van der Waals surface area (Å²) in [7, 11) is 0. The van der Waals surface area contributed by atoms with E-state index in [1.807, 2.05) is 4.90 Å². The monoisotopic (exact) mass is 303 g/mol. The van der Waals surface area contributed by atoms with Crippen LogP contribution in [0.4, 0.5) is 5.69 Å². The third kappa shape index (κ3) is 4.31. The topological polar surface area (TPSA) is 61.4 Å². The summed E-state index contributed by atoms with van der Waals surface area (Å²) >= 11 is 0. The number of amides is 2. The summed E-state index contributed by atoms with van der Waals surface area (Å²) < 4.78 is 0. The minimum atomic E-state index is -0.110. The molecule has 120 valence electrons. The fourth-order valence-electron chi connectivity index (χ4n) is 2.87. The largest absolute Gasteiger partial charge is 0.336 e. The molecule has 0 radical (unpaired) electrons. The van der Waals surface area contributed by atoms with E-state index in [-0.39, 0.29) is 11.8 Å². The molecule has 5 heteroatoms. The minimum absolute atomic E-state index is 0.0862. The van der Waals surface area contributed by atoms with Gasteiger partial charge in [-0.3, -0.25) is 9.59 Å². The van der Waals surface area contributed by atoms with Crippen molar-refractivity contribution in [1.29, 1.82) is 0 Å². The zero-order chi connectivity index (χ0) is 15.9. The Balaban J connectivity index is 2.10. The highest BCUT2D eigenvalue weighted by Crippen LogP contribution is 2.18. The van der Waals surface area contributed by atoms with Crippen LogP contribution < -0.4 is 10.6 Å². The van der Waals surface area contributed by atoms with Crippen molar-refractivity contribution in [3.05, 3.63) is 29.8 Å². The van der Waals surface area contributed by atoms with Gasteiger partial charge in [-0.2, -0.15) is 0 Å². The van der Waals surface area contributed by atoms with Gasteiger partial charge in [0.05, 0.1) is 0 Å². The zero-order valence-corrected chi connectivity index (χ0v) is 13.4. The lowest BCUT2D eigenvalue weighted by Crippen LogP contribution is -2.46. The first kappa shape index (κ1) is 16.5. The van der Waals surface area contributed by atoms with Gasteiger partial charge in [0.2, 0.25) is 5.91 Å². The molecule has 5 nitrogen and oxygen atoms in total. The van der Waals surface area contributed by atoms with Gasteiger partial charge in [0.1, 0.15) is 0 Å². The van der Waals surface area contributed by atoms with E-state index in [9.17, 15) is 9.59 Å². The standard InChI is InChI=1S/C17H25N3O2/c1-3-12-20(16-8-10-18-11-9-16)17(22)14-4-6-15(7-5-14)19-13(2)21/h4-7,16,18H,3,8-12H2,1-2H3,(H,19,21). The highest BCUT2D eigenvalue weighted by atomic mass is 16.2. The van der Waals surface area contributed by atoms with Crippen molar-refractivity contribution in [2.45, 2.75) is 39.2 Å². The SMILES string of the molecule is CCCN(C(=O)c1ccc(NC(C)=O)cc1)C1CCNCC1. The van der Waals surface area contributed by atoms with Gasteiger partial charge in [-0.1, -0.05) is 6.92 Å². The van der Waals surface area contributed by atoms with E-state index in [1.54, 1.807) is 24.3 Å². The molecule has 1 saturated heterocycles.